The van der Waals surface area contributed by atoms with Gasteiger partial charge in [-0.1, -0.05) is 25.1 Å². The minimum absolute atomic E-state index is 0. The second kappa shape index (κ2) is 10.5. The molecular weight excluding hydrogens is 338 g/mol. The van der Waals surface area contributed by atoms with Gasteiger partial charge in [0.05, 0.1) is 6.26 Å². The fourth-order valence-electron chi connectivity index (χ4n) is 2.14. The molecule has 23 heavy (non-hydrogen) atoms. The zero-order chi connectivity index (χ0) is 16.6. The maximum Gasteiger partial charge on any atom is 0.220 e. The summed E-state index contributed by atoms with van der Waals surface area (Å²) in [5.74, 6) is -0.0503. The number of rotatable bonds is 9. The Kier molecular flexibility index (Phi) is 9.87. The van der Waals surface area contributed by atoms with Crippen LogP contribution >= 0.6 is 12.4 Å². The molecule has 8 heteroatoms. The number of hydrogen-bond acceptors (Lipinski definition) is 4. The summed E-state index contributed by atoms with van der Waals surface area (Å²) in [7, 11) is -3.16. The standard InChI is InChI=1S/C15H25N3O3S.ClH/c1-3-18(22(2,20)21)12-6-11-17-15(19)10-9-13-7-4-5-8-14(13)16;/h4-5,7-8H,3,6,9-12,16H2,1-2H3,(H,17,19);1H. The number of sulfonamides is 1. The van der Waals surface area contributed by atoms with Crippen molar-refractivity contribution < 1.29 is 13.2 Å². The largest absolute Gasteiger partial charge is 0.399 e. The average molecular weight is 364 g/mol. The van der Waals surface area contributed by atoms with Gasteiger partial charge in [-0.25, -0.2) is 12.7 Å². The van der Waals surface area contributed by atoms with E-state index in [9.17, 15) is 13.2 Å². The summed E-state index contributed by atoms with van der Waals surface area (Å²) in [6.07, 6.45) is 2.76. The number of nitrogens with two attached hydrogens (primary N) is 1. The Balaban J connectivity index is 0.00000484. The van der Waals surface area contributed by atoms with Crippen molar-refractivity contribution in [1.82, 2.24) is 9.62 Å². The maximum absolute atomic E-state index is 11.8. The number of nitrogens with zero attached hydrogens (tertiary/aromatic N) is 1. The summed E-state index contributed by atoms with van der Waals surface area (Å²) in [6.45, 7) is 3.13. The number of aryl methyl sites for hydroxylation is 1. The molecule has 3 N–H and O–H groups in total. The fraction of sp³-hybridized carbons (Fsp3) is 0.533. The van der Waals surface area contributed by atoms with Crippen molar-refractivity contribution in [2.45, 2.75) is 26.2 Å². The van der Waals surface area contributed by atoms with Gasteiger partial charge in [0.1, 0.15) is 0 Å². The summed E-state index contributed by atoms with van der Waals surface area (Å²) in [6, 6.07) is 7.49. The molecule has 0 aliphatic rings. The molecule has 6 nitrogen and oxygen atoms in total. The van der Waals surface area contributed by atoms with Crippen LogP contribution in [0.5, 0.6) is 0 Å². The van der Waals surface area contributed by atoms with Crippen molar-refractivity contribution in [2.75, 3.05) is 31.6 Å². The molecular formula is C15H26ClN3O3S. The highest BCUT2D eigenvalue weighted by Gasteiger charge is 2.13. The Bertz CT molecular complexity index is 593. The van der Waals surface area contributed by atoms with Gasteiger partial charge in [-0.15, -0.1) is 12.4 Å². The first-order valence-electron chi connectivity index (χ1n) is 7.39. The first-order valence-corrected chi connectivity index (χ1v) is 9.24. The van der Waals surface area contributed by atoms with E-state index in [1.165, 1.54) is 10.6 Å². The topological polar surface area (TPSA) is 92.5 Å². The number of carbonyl (C=O) groups excluding carboxylic acids is 1. The summed E-state index contributed by atoms with van der Waals surface area (Å²) < 4.78 is 24.2. The Morgan fingerprint density at radius 2 is 1.96 bits per heavy atom. The third-order valence-corrected chi connectivity index (χ3v) is 4.78. The molecule has 0 aliphatic carbocycles. The number of anilines is 1. The number of hydrogen-bond donors (Lipinski definition) is 2. The Hall–Kier alpha value is -1.31. The quantitative estimate of drug-likeness (QED) is 0.512. The smallest absolute Gasteiger partial charge is 0.220 e. The predicted octanol–water partition coefficient (Wildman–Crippen LogP) is 1.41. The van der Waals surface area contributed by atoms with E-state index in [0.29, 0.717) is 44.6 Å². The predicted molar refractivity (Wildman–Crippen MR) is 96.1 cm³/mol. The Morgan fingerprint density at radius 1 is 1.30 bits per heavy atom. The van der Waals surface area contributed by atoms with Crippen LogP contribution in [-0.4, -0.2) is 44.5 Å². The van der Waals surface area contributed by atoms with Gasteiger partial charge >= 0.3 is 0 Å². The van der Waals surface area contributed by atoms with Gasteiger partial charge in [-0.05, 0) is 24.5 Å². The highest BCUT2D eigenvalue weighted by Crippen LogP contribution is 2.12. The molecule has 1 amide bonds. The summed E-state index contributed by atoms with van der Waals surface area (Å²) >= 11 is 0. The molecule has 1 aromatic rings. The Labute approximate surface area is 144 Å². The second-order valence-corrected chi connectivity index (χ2v) is 7.14. The van der Waals surface area contributed by atoms with E-state index in [1.807, 2.05) is 24.3 Å². The van der Waals surface area contributed by atoms with Gasteiger partial charge in [-0.3, -0.25) is 4.79 Å². The lowest BCUT2D eigenvalue weighted by molar-refractivity contribution is -0.121. The monoisotopic (exact) mass is 363 g/mol. The molecule has 0 aromatic heterocycles. The minimum atomic E-state index is -3.16. The van der Waals surface area contributed by atoms with Crippen LogP contribution in [0.1, 0.15) is 25.3 Å². The molecule has 0 radical (unpaired) electrons. The third kappa shape index (κ3) is 8.20. The minimum Gasteiger partial charge on any atom is -0.399 e. The van der Waals surface area contributed by atoms with Gasteiger partial charge in [0, 0.05) is 31.7 Å². The van der Waals surface area contributed by atoms with E-state index in [1.54, 1.807) is 6.92 Å². The number of nitrogens with one attached hydrogen (secondary N) is 1. The van der Waals surface area contributed by atoms with Crippen LogP contribution in [0.4, 0.5) is 5.69 Å². The molecule has 132 valence electrons. The molecule has 0 atom stereocenters. The van der Waals surface area contributed by atoms with Gasteiger partial charge < -0.3 is 11.1 Å². The summed E-state index contributed by atoms with van der Waals surface area (Å²) in [4.78, 5) is 11.8. The first kappa shape index (κ1) is 21.7. The number of halogens is 1. The van der Waals surface area contributed by atoms with Crippen LogP contribution in [0.3, 0.4) is 0 Å². The SMILES string of the molecule is CCN(CCCNC(=O)CCc1ccccc1N)S(C)(=O)=O.Cl. The van der Waals surface area contributed by atoms with Crippen LogP contribution in [0.2, 0.25) is 0 Å². The molecule has 0 fully saturated rings. The lowest BCUT2D eigenvalue weighted by Crippen LogP contribution is -2.33. The molecule has 1 aromatic carbocycles. The van der Waals surface area contributed by atoms with Gasteiger partial charge in [0.15, 0.2) is 0 Å². The van der Waals surface area contributed by atoms with E-state index in [4.69, 9.17) is 5.73 Å². The van der Waals surface area contributed by atoms with Crippen LogP contribution in [-0.2, 0) is 21.2 Å². The third-order valence-electron chi connectivity index (χ3n) is 3.40. The van der Waals surface area contributed by atoms with Gasteiger partial charge in [0.2, 0.25) is 15.9 Å². The molecule has 1 rings (SSSR count). The van der Waals surface area contributed by atoms with Crippen molar-refractivity contribution in [3.05, 3.63) is 29.8 Å². The lowest BCUT2D eigenvalue weighted by Gasteiger charge is -2.17. The summed E-state index contributed by atoms with van der Waals surface area (Å²) in [5.41, 5.74) is 7.48. The van der Waals surface area contributed by atoms with Crippen molar-refractivity contribution in [3.63, 3.8) is 0 Å². The normalized spacial score (nSPS) is 11.1. The molecule has 0 bridgehead atoms. The van der Waals surface area contributed by atoms with Crippen molar-refractivity contribution in [2.24, 2.45) is 0 Å². The van der Waals surface area contributed by atoms with Gasteiger partial charge in [0.25, 0.3) is 0 Å². The van der Waals surface area contributed by atoms with Crippen LogP contribution in [0.15, 0.2) is 24.3 Å². The van der Waals surface area contributed by atoms with Crippen molar-refractivity contribution >= 4 is 34.0 Å². The van der Waals surface area contributed by atoms with E-state index in [0.717, 1.165) is 5.56 Å². The second-order valence-electron chi connectivity index (χ2n) is 5.16. The highest BCUT2D eigenvalue weighted by atomic mass is 35.5. The first-order chi connectivity index (χ1) is 10.3. The molecule has 0 saturated carbocycles. The zero-order valence-corrected chi connectivity index (χ0v) is 15.3. The fourth-order valence-corrected chi connectivity index (χ4v) is 3.07. The van der Waals surface area contributed by atoms with Crippen LogP contribution in [0, 0.1) is 0 Å². The number of para-hydroxylation sites is 1. The van der Waals surface area contributed by atoms with E-state index in [-0.39, 0.29) is 18.3 Å². The Morgan fingerprint density at radius 3 is 2.52 bits per heavy atom. The van der Waals surface area contributed by atoms with E-state index < -0.39 is 10.0 Å². The molecule has 0 spiro atoms. The molecule has 0 heterocycles. The molecule has 0 saturated heterocycles. The number of nitrogen functional groups attached to an aromatic ring is 1. The molecule has 0 aliphatic heterocycles. The number of carbonyl (C=O) groups is 1. The zero-order valence-electron chi connectivity index (χ0n) is 13.6. The number of amides is 1. The summed E-state index contributed by atoms with van der Waals surface area (Å²) in [5, 5.41) is 2.80. The van der Waals surface area contributed by atoms with E-state index in [2.05, 4.69) is 5.32 Å². The molecule has 0 unspecified atom stereocenters. The maximum atomic E-state index is 11.8. The van der Waals surface area contributed by atoms with Crippen molar-refractivity contribution in [1.29, 1.82) is 0 Å². The average Bonchev–Trinajstić information content (AvgIpc) is 2.45. The van der Waals surface area contributed by atoms with E-state index >= 15 is 0 Å². The lowest BCUT2D eigenvalue weighted by atomic mass is 10.1. The highest BCUT2D eigenvalue weighted by molar-refractivity contribution is 7.88. The van der Waals surface area contributed by atoms with Crippen LogP contribution in [0.25, 0.3) is 0 Å². The number of benzene rings is 1. The van der Waals surface area contributed by atoms with Crippen molar-refractivity contribution in [3.8, 4) is 0 Å². The van der Waals surface area contributed by atoms with Crippen LogP contribution < -0.4 is 11.1 Å². The van der Waals surface area contributed by atoms with Gasteiger partial charge in [-0.2, -0.15) is 0 Å².